The average Bonchev–Trinajstić information content (AvgIpc) is 2.94. The van der Waals surface area contributed by atoms with Crippen molar-refractivity contribution in [3.05, 3.63) is 28.0 Å². The molecule has 2 heterocycles. The molecule has 96 valence electrons. The quantitative estimate of drug-likeness (QED) is 0.772. The molecule has 18 heavy (non-hydrogen) atoms. The summed E-state index contributed by atoms with van der Waals surface area (Å²) in [4.78, 5) is 14.7. The summed E-state index contributed by atoms with van der Waals surface area (Å²) in [5, 5.41) is 8.13. The van der Waals surface area contributed by atoms with Gasteiger partial charge in [0, 0.05) is 6.54 Å². The van der Waals surface area contributed by atoms with E-state index in [1.165, 1.54) is 12.4 Å². The molecule has 2 rings (SSSR count). The van der Waals surface area contributed by atoms with E-state index in [1.807, 2.05) is 19.0 Å². The topological polar surface area (TPSA) is 63.9 Å². The van der Waals surface area contributed by atoms with Crippen LogP contribution in [-0.4, -0.2) is 50.7 Å². The zero-order valence-corrected chi connectivity index (χ0v) is 11.6. The summed E-state index contributed by atoms with van der Waals surface area (Å²) in [5.41, 5.74) is 0.393. The zero-order valence-electron chi connectivity index (χ0n) is 10.00. The molecule has 8 heteroatoms. The lowest BCUT2D eigenvalue weighted by Crippen LogP contribution is -2.21. The van der Waals surface area contributed by atoms with Crippen molar-refractivity contribution in [1.82, 2.24) is 24.3 Å². The fraction of sp³-hybridized carbons (Fsp3) is 0.400. The van der Waals surface area contributed by atoms with Gasteiger partial charge in [-0.2, -0.15) is 5.10 Å². The third kappa shape index (κ3) is 2.74. The van der Waals surface area contributed by atoms with Gasteiger partial charge in [-0.25, -0.2) is 0 Å². The van der Waals surface area contributed by atoms with Crippen molar-refractivity contribution >= 4 is 28.9 Å². The lowest BCUT2D eigenvalue weighted by molar-refractivity contribution is 0.103. The molecule has 0 aliphatic carbocycles. The number of carbonyl (C=O) groups is 1. The van der Waals surface area contributed by atoms with Crippen molar-refractivity contribution in [3.63, 3.8) is 0 Å². The van der Waals surface area contributed by atoms with E-state index in [1.54, 1.807) is 4.68 Å². The highest BCUT2D eigenvalue weighted by Crippen LogP contribution is 2.20. The fourth-order valence-electron chi connectivity index (χ4n) is 1.44. The Morgan fingerprint density at radius 2 is 2.28 bits per heavy atom. The number of carbonyl (C=O) groups excluding carboxylic acids is 1. The summed E-state index contributed by atoms with van der Waals surface area (Å²) in [6.45, 7) is 1.38. The predicted molar refractivity (Wildman–Crippen MR) is 69.1 cm³/mol. The molecular weight excluding hydrogens is 274 g/mol. The Morgan fingerprint density at radius 1 is 1.50 bits per heavy atom. The van der Waals surface area contributed by atoms with Crippen LogP contribution in [0.3, 0.4) is 0 Å². The van der Waals surface area contributed by atoms with Crippen molar-refractivity contribution in [2.24, 2.45) is 0 Å². The normalized spacial score (nSPS) is 11.1. The molecule has 0 aliphatic heterocycles. The van der Waals surface area contributed by atoms with Crippen LogP contribution in [0.25, 0.3) is 0 Å². The van der Waals surface area contributed by atoms with Crippen LogP contribution in [-0.2, 0) is 6.54 Å². The maximum atomic E-state index is 12.2. The third-order valence-electron chi connectivity index (χ3n) is 2.35. The number of halogens is 1. The Morgan fingerprint density at radius 3 is 2.89 bits per heavy atom. The second-order valence-electron chi connectivity index (χ2n) is 3.98. The van der Waals surface area contributed by atoms with Gasteiger partial charge < -0.3 is 4.90 Å². The van der Waals surface area contributed by atoms with Crippen LogP contribution in [0.4, 0.5) is 0 Å². The number of hydrogen-bond donors (Lipinski definition) is 0. The molecule has 0 spiro atoms. The van der Waals surface area contributed by atoms with Crippen LogP contribution in [0.5, 0.6) is 0 Å². The molecule has 0 saturated carbocycles. The Bertz CT molecular complexity index is 536. The molecule has 0 unspecified atom stereocenters. The SMILES string of the molecule is CN(C)CCn1ncc(Cl)c1C(=O)c1cnns1. The minimum Gasteiger partial charge on any atom is -0.308 e. The second kappa shape index (κ2) is 5.55. The number of hydrogen-bond acceptors (Lipinski definition) is 6. The first-order chi connectivity index (χ1) is 8.59. The molecule has 2 aromatic rings. The van der Waals surface area contributed by atoms with Crippen molar-refractivity contribution in [1.29, 1.82) is 0 Å². The number of nitrogens with zero attached hydrogens (tertiary/aromatic N) is 5. The van der Waals surface area contributed by atoms with Crippen LogP contribution in [0, 0.1) is 0 Å². The van der Waals surface area contributed by atoms with E-state index in [2.05, 4.69) is 14.7 Å². The van der Waals surface area contributed by atoms with Gasteiger partial charge >= 0.3 is 0 Å². The summed E-state index contributed by atoms with van der Waals surface area (Å²) in [6.07, 6.45) is 2.92. The molecule has 0 saturated heterocycles. The van der Waals surface area contributed by atoms with Crippen molar-refractivity contribution in [3.8, 4) is 0 Å². The lowest BCUT2D eigenvalue weighted by Gasteiger charge is -2.11. The molecule has 0 radical (unpaired) electrons. The van der Waals surface area contributed by atoms with Gasteiger partial charge in [-0.3, -0.25) is 9.48 Å². The van der Waals surface area contributed by atoms with E-state index >= 15 is 0 Å². The predicted octanol–water partition coefficient (Wildman–Crippen LogP) is 1.18. The largest absolute Gasteiger partial charge is 0.308 e. The Balaban J connectivity index is 2.26. The number of likely N-dealkylation sites (N-methyl/N-ethyl adjacent to an activating group) is 1. The van der Waals surface area contributed by atoms with Crippen LogP contribution in [0.2, 0.25) is 5.02 Å². The highest BCUT2D eigenvalue weighted by Gasteiger charge is 2.20. The molecular formula is C10H12ClN5OS. The fourth-order valence-corrected chi connectivity index (χ4v) is 2.12. The standard InChI is InChI=1S/C10H12ClN5OS/c1-15(2)3-4-16-9(7(11)5-13-16)10(17)8-6-12-14-18-8/h5-6H,3-4H2,1-2H3. The van der Waals surface area contributed by atoms with Crippen molar-refractivity contribution < 1.29 is 4.79 Å². The van der Waals surface area contributed by atoms with E-state index in [0.717, 1.165) is 18.1 Å². The monoisotopic (exact) mass is 285 g/mol. The van der Waals surface area contributed by atoms with Crippen LogP contribution in [0.1, 0.15) is 15.4 Å². The molecule has 0 N–H and O–H groups in total. The van der Waals surface area contributed by atoms with E-state index in [0.29, 0.717) is 22.1 Å². The number of ketones is 1. The van der Waals surface area contributed by atoms with Crippen LogP contribution < -0.4 is 0 Å². The molecule has 0 aromatic carbocycles. The Hall–Kier alpha value is -1.31. The van der Waals surface area contributed by atoms with Gasteiger partial charge in [-0.15, -0.1) is 5.10 Å². The van der Waals surface area contributed by atoms with Gasteiger partial charge in [0.25, 0.3) is 0 Å². The molecule has 0 aliphatic rings. The highest BCUT2D eigenvalue weighted by molar-refractivity contribution is 7.08. The molecule has 0 amide bonds. The van der Waals surface area contributed by atoms with Gasteiger partial charge in [0.05, 0.1) is 24.0 Å². The van der Waals surface area contributed by atoms with Gasteiger partial charge in [-0.1, -0.05) is 16.1 Å². The smallest absolute Gasteiger partial charge is 0.225 e. The first-order valence-corrected chi connectivity index (χ1v) is 6.43. The molecule has 0 bridgehead atoms. The summed E-state index contributed by atoms with van der Waals surface area (Å²) in [7, 11) is 3.92. The summed E-state index contributed by atoms with van der Waals surface area (Å²) < 4.78 is 5.29. The third-order valence-corrected chi connectivity index (χ3v) is 3.29. The van der Waals surface area contributed by atoms with E-state index in [4.69, 9.17) is 11.6 Å². The lowest BCUT2D eigenvalue weighted by atomic mass is 10.2. The molecule has 2 aromatic heterocycles. The highest BCUT2D eigenvalue weighted by atomic mass is 35.5. The summed E-state index contributed by atoms with van der Waals surface area (Å²) >= 11 is 7.07. The number of rotatable bonds is 5. The number of aromatic nitrogens is 4. The zero-order chi connectivity index (χ0) is 13.1. The maximum Gasteiger partial charge on any atom is 0.225 e. The minimum absolute atomic E-state index is 0.189. The summed E-state index contributed by atoms with van der Waals surface area (Å²) in [6, 6.07) is 0. The summed E-state index contributed by atoms with van der Waals surface area (Å²) in [5.74, 6) is -0.189. The first-order valence-electron chi connectivity index (χ1n) is 5.27. The molecule has 6 nitrogen and oxygen atoms in total. The van der Waals surface area contributed by atoms with Crippen molar-refractivity contribution in [2.75, 3.05) is 20.6 Å². The van der Waals surface area contributed by atoms with Crippen LogP contribution >= 0.6 is 23.1 Å². The van der Waals surface area contributed by atoms with Gasteiger partial charge in [-0.05, 0) is 25.6 Å². The average molecular weight is 286 g/mol. The molecule has 0 fully saturated rings. The van der Waals surface area contributed by atoms with Gasteiger partial charge in [0.15, 0.2) is 0 Å². The van der Waals surface area contributed by atoms with Crippen LogP contribution in [0.15, 0.2) is 12.4 Å². The Kier molecular flexibility index (Phi) is 4.05. The first kappa shape index (κ1) is 13.1. The minimum atomic E-state index is -0.189. The van der Waals surface area contributed by atoms with Gasteiger partial charge in [0.2, 0.25) is 5.78 Å². The van der Waals surface area contributed by atoms with Gasteiger partial charge in [0.1, 0.15) is 10.6 Å². The van der Waals surface area contributed by atoms with E-state index in [-0.39, 0.29) is 5.78 Å². The van der Waals surface area contributed by atoms with E-state index in [9.17, 15) is 4.79 Å². The maximum absolute atomic E-state index is 12.2. The van der Waals surface area contributed by atoms with Crippen molar-refractivity contribution in [2.45, 2.75) is 6.54 Å². The second-order valence-corrected chi connectivity index (χ2v) is 5.17. The molecule has 0 atom stereocenters. The Labute approximate surface area is 113 Å². The van der Waals surface area contributed by atoms with E-state index < -0.39 is 0 Å².